The Bertz CT molecular complexity index is 231. The summed E-state index contributed by atoms with van der Waals surface area (Å²) in [6.45, 7) is 2.98. The van der Waals surface area contributed by atoms with Gasteiger partial charge in [-0.3, -0.25) is 9.20 Å². The van der Waals surface area contributed by atoms with E-state index < -0.39 is 10.8 Å². The van der Waals surface area contributed by atoms with Crippen LogP contribution in [0.1, 0.15) is 19.8 Å². The molecule has 0 spiro atoms. The molecule has 1 fully saturated rings. The summed E-state index contributed by atoms with van der Waals surface area (Å²) in [4.78, 5) is 4.43. The summed E-state index contributed by atoms with van der Waals surface area (Å²) in [6.07, 6.45) is 3.82. The van der Waals surface area contributed by atoms with E-state index >= 15 is 0 Å². The maximum Gasteiger partial charge on any atom is 0.156 e. The molecule has 0 radical (unpaired) electrons. The molecule has 0 aromatic carbocycles. The number of hydrogen-bond acceptors (Lipinski definition) is 3. The van der Waals surface area contributed by atoms with Crippen molar-refractivity contribution in [2.75, 3.05) is 24.3 Å². The molecule has 5 heteroatoms. The Morgan fingerprint density at radius 2 is 2.50 bits per heavy atom. The first kappa shape index (κ1) is 12.0. The molecule has 0 aliphatic carbocycles. The number of nitrogens with zero attached hydrogens (tertiary/aromatic N) is 1. The van der Waals surface area contributed by atoms with E-state index in [1.807, 2.05) is 0 Å². The van der Waals surface area contributed by atoms with Crippen LogP contribution < -0.4 is 5.32 Å². The minimum absolute atomic E-state index is 0.596. The number of aliphatic imine (C=N–C) groups is 1. The van der Waals surface area contributed by atoms with Gasteiger partial charge in [0.15, 0.2) is 5.17 Å². The van der Waals surface area contributed by atoms with Gasteiger partial charge in [-0.1, -0.05) is 18.7 Å². The number of nitrogens with one attached hydrogen (secondary N) is 1. The van der Waals surface area contributed by atoms with Crippen LogP contribution in [0.3, 0.4) is 0 Å². The first-order valence-corrected chi connectivity index (χ1v) is 7.67. The molecule has 3 nitrogen and oxygen atoms in total. The molecule has 0 amide bonds. The van der Waals surface area contributed by atoms with Crippen LogP contribution in [0, 0.1) is 0 Å². The highest BCUT2D eigenvalue weighted by Gasteiger charge is 2.17. The largest absolute Gasteiger partial charge is 0.361 e. The molecule has 1 rings (SSSR count). The zero-order chi connectivity index (χ0) is 10.4. The van der Waals surface area contributed by atoms with E-state index in [0.717, 1.165) is 36.1 Å². The predicted octanol–water partition coefficient (Wildman–Crippen LogP) is 1.23. The smallest absolute Gasteiger partial charge is 0.156 e. The van der Waals surface area contributed by atoms with Gasteiger partial charge >= 0.3 is 0 Å². The number of hydrogen-bond donors (Lipinski definition) is 1. The lowest BCUT2D eigenvalue weighted by Crippen LogP contribution is -2.25. The number of thioether (sulfide) groups is 1. The molecule has 1 aliphatic heterocycles. The molecule has 2 atom stereocenters. The van der Waals surface area contributed by atoms with Gasteiger partial charge in [0.05, 0.1) is 0 Å². The van der Waals surface area contributed by atoms with Crippen LogP contribution in [0.2, 0.25) is 0 Å². The summed E-state index contributed by atoms with van der Waals surface area (Å²) >= 11 is 1.80. The second-order valence-corrected chi connectivity index (χ2v) is 5.94. The summed E-state index contributed by atoms with van der Waals surface area (Å²) < 4.78 is 10.8. The van der Waals surface area contributed by atoms with Gasteiger partial charge in [-0.2, -0.15) is 0 Å². The normalized spacial score (nSPS) is 26.4. The lowest BCUT2D eigenvalue weighted by Gasteiger charge is -2.04. The van der Waals surface area contributed by atoms with Crippen molar-refractivity contribution in [2.45, 2.75) is 25.8 Å². The first-order valence-electron chi connectivity index (χ1n) is 4.96. The Morgan fingerprint density at radius 1 is 1.71 bits per heavy atom. The van der Waals surface area contributed by atoms with E-state index in [2.05, 4.69) is 17.2 Å². The van der Waals surface area contributed by atoms with Gasteiger partial charge in [0.1, 0.15) is 0 Å². The van der Waals surface area contributed by atoms with E-state index in [1.54, 1.807) is 18.0 Å². The Kier molecular flexibility index (Phi) is 5.55. The standard InChI is InChI=1S/C9H18N2OS2/c1-3-8-7-13-9(11-8)10-5-4-6-14(2)12/h8H,3-7H2,1-2H3,(H,10,11). The van der Waals surface area contributed by atoms with E-state index in [1.165, 1.54) is 0 Å². The van der Waals surface area contributed by atoms with Crippen LogP contribution in [-0.2, 0) is 10.8 Å². The topological polar surface area (TPSA) is 41.5 Å². The predicted molar refractivity (Wildman–Crippen MR) is 65.5 cm³/mol. The molecule has 0 aromatic rings. The molecule has 1 N–H and O–H groups in total. The lowest BCUT2D eigenvalue weighted by molar-refractivity contribution is 0.666. The summed E-state index contributed by atoms with van der Waals surface area (Å²) in [5.41, 5.74) is 0. The molecule has 0 saturated carbocycles. The van der Waals surface area contributed by atoms with Crippen molar-refractivity contribution < 1.29 is 4.21 Å². The maximum absolute atomic E-state index is 10.8. The van der Waals surface area contributed by atoms with Crippen LogP contribution in [0.4, 0.5) is 0 Å². The van der Waals surface area contributed by atoms with Crippen LogP contribution in [0.15, 0.2) is 4.99 Å². The van der Waals surface area contributed by atoms with Gasteiger partial charge in [-0.15, -0.1) is 0 Å². The van der Waals surface area contributed by atoms with E-state index in [0.29, 0.717) is 6.04 Å². The van der Waals surface area contributed by atoms with Gasteiger partial charge in [0, 0.05) is 41.1 Å². The zero-order valence-corrected chi connectivity index (χ0v) is 10.4. The van der Waals surface area contributed by atoms with Crippen molar-refractivity contribution >= 4 is 27.7 Å². The molecule has 82 valence electrons. The number of rotatable bonds is 5. The van der Waals surface area contributed by atoms with Crippen molar-refractivity contribution in [3.8, 4) is 0 Å². The maximum atomic E-state index is 10.8. The fourth-order valence-electron chi connectivity index (χ4n) is 1.20. The zero-order valence-electron chi connectivity index (χ0n) is 8.78. The van der Waals surface area contributed by atoms with Gasteiger partial charge in [0.25, 0.3) is 0 Å². The third kappa shape index (κ3) is 4.46. The average Bonchev–Trinajstić information content (AvgIpc) is 2.60. The average molecular weight is 234 g/mol. The fourth-order valence-corrected chi connectivity index (χ4v) is 2.84. The highest BCUT2D eigenvalue weighted by atomic mass is 32.2. The highest BCUT2D eigenvalue weighted by molar-refractivity contribution is 8.14. The van der Waals surface area contributed by atoms with Gasteiger partial charge in [-0.05, 0) is 12.8 Å². The van der Waals surface area contributed by atoms with Gasteiger partial charge in [0.2, 0.25) is 0 Å². The van der Waals surface area contributed by atoms with E-state index in [4.69, 9.17) is 0 Å². The molecule has 2 unspecified atom stereocenters. The van der Waals surface area contributed by atoms with E-state index in [9.17, 15) is 4.21 Å². The second-order valence-electron chi connectivity index (χ2n) is 3.38. The molecule has 1 saturated heterocycles. The van der Waals surface area contributed by atoms with Crippen LogP contribution >= 0.6 is 11.8 Å². The molecule has 14 heavy (non-hydrogen) atoms. The van der Waals surface area contributed by atoms with Crippen molar-refractivity contribution in [1.29, 1.82) is 0 Å². The minimum Gasteiger partial charge on any atom is -0.361 e. The lowest BCUT2D eigenvalue weighted by atomic mass is 10.3. The monoisotopic (exact) mass is 234 g/mol. The highest BCUT2D eigenvalue weighted by Crippen LogP contribution is 2.15. The third-order valence-electron chi connectivity index (χ3n) is 2.09. The first-order chi connectivity index (χ1) is 6.72. The van der Waals surface area contributed by atoms with E-state index in [-0.39, 0.29) is 0 Å². The van der Waals surface area contributed by atoms with Gasteiger partial charge < -0.3 is 5.32 Å². The summed E-state index contributed by atoms with van der Waals surface area (Å²) in [7, 11) is -0.674. The number of amidine groups is 1. The Hall–Kier alpha value is -0.0300. The molecule has 1 heterocycles. The minimum atomic E-state index is -0.674. The van der Waals surface area contributed by atoms with Crippen LogP contribution in [-0.4, -0.2) is 39.7 Å². The summed E-state index contributed by atoms with van der Waals surface area (Å²) in [5.74, 6) is 1.90. The molecule has 0 aromatic heterocycles. The molecule has 1 aliphatic rings. The van der Waals surface area contributed by atoms with Crippen molar-refractivity contribution in [2.24, 2.45) is 4.99 Å². The Balaban J connectivity index is 2.16. The van der Waals surface area contributed by atoms with Crippen molar-refractivity contribution in [1.82, 2.24) is 5.32 Å². The van der Waals surface area contributed by atoms with Crippen molar-refractivity contribution in [3.63, 3.8) is 0 Å². The fraction of sp³-hybridized carbons (Fsp3) is 0.889. The van der Waals surface area contributed by atoms with Crippen LogP contribution in [0.25, 0.3) is 0 Å². The van der Waals surface area contributed by atoms with Crippen LogP contribution in [0.5, 0.6) is 0 Å². The molecular weight excluding hydrogens is 216 g/mol. The quantitative estimate of drug-likeness (QED) is 0.727. The molecular formula is C9H18N2OS2. The van der Waals surface area contributed by atoms with Crippen molar-refractivity contribution in [3.05, 3.63) is 0 Å². The summed E-state index contributed by atoms with van der Waals surface area (Å²) in [5, 5.41) is 4.43. The third-order valence-corrected chi connectivity index (χ3v) is 4.04. The Morgan fingerprint density at radius 3 is 3.07 bits per heavy atom. The van der Waals surface area contributed by atoms with Gasteiger partial charge in [-0.25, -0.2) is 0 Å². The summed E-state index contributed by atoms with van der Waals surface area (Å²) in [6, 6.07) is 0.596. The SMILES string of the molecule is CCC1CSC(=NCCCS(C)=O)N1. The molecule has 0 bridgehead atoms. The second kappa shape index (κ2) is 6.45. The Labute approximate surface area is 92.6 Å².